The van der Waals surface area contributed by atoms with Crippen LogP contribution in [0.15, 0.2) is 84.9 Å². The van der Waals surface area contributed by atoms with Crippen molar-refractivity contribution in [3.63, 3.8) is 0 Å². The molecule has 0 bridgehead atoms. The van der Waals surface area contributed by atoms with Crippen LogP contribution in [0.4, 0.5) is 0 Å². The summed E-state index contributed by atoms with van der Waals surface area (Å²) in [5.74, 6) is 0.312. The first-order chi connectivity index (χ1) is 14.1. The second-order valence-corrected chi connectivity index (χ2v) is 6.69. The van der Waals surface area contributed by atoms with Gasteiger partial charge in [-0.1, -0.05) is 66.7 Å². The maximum absolute atomic E-state index is 12.4. The van der Waals surface area contributed by atoms with E-state index in [2.05, 4.69) is 5.32 Å². The molecule has 0 aliphatic heterocycles. The molecule has 5 nitrogen and oxygen atoms in total. The molecule has 3 rings (SSSR count). The zero-order valence-electron chi connectivity index (χ0n) is 16.4. The summed E-state index contributed by atoms with van der Waals surface area (Å²) in [6.45, 7) is 0.776. The lowest BCUT2D eigenvalue weighted by molar-refractivity contribution is -0.121. The highest BCUT2D eigenvalue weighted by Crippen LogP contribution is 2.19. The van der Waals surface area contributed by atoms with Gasteiger partial charge in [-0.3, -0.25) is 9.59 Å². The van der Waals surface area contributed by atoms with E-state index < -0.39 is 0 Å². The molecule has 148 valence electrons. The number of ether oxygens (including phenoxy) is 1. The average molecular weight is 388 g/mol. The van der Waals surface area contributed by atoms with Gasteiger partial charge in [0.25, 0.3) is 5.91 Å². The Hall–Kier alpha value is -3.60. The predicted octanol–water partition coefficient (Wildman–Crippen LogP) is 3.65. The van der Waals surface area contributed by atoms with Crippen LogP contribution in [0.1, 0.15) is 21.5 Å². The van der Waals surface area contributed by atoms with E-state index in [0.29, 0.717) is 18.7 Å². The number of amides is 2. The molecular weight excluding hydrogens is 364 g/mol. The van der Waals surface area contributed by atoms with Crippen LogP contribution in [0.5, 0.6) is 5.75 Å². The van der Waals surface area contributed by atoms with Crippen molar-refractivity contribution in [3.05, 3.63) is 102 Å². The third-order valence-corrected chi connectivity index (χ3v) is 4.43. The molecule has 29 heavy (non-hydrogen) atoms. The number of nitrogens with zero attached hydrogens (tertiary/aromatic N) is 1. The third-order valence-electron chi connectivity index (χ3n) is 4.43. The quantitative estimate of drug-likeness (QED) is 0.641. The Balaban J connectivity index is 1.53. The summed E-state index contributed by atoms with van der Waals surface area (Å²) < 4.78 is 5.92. The van der Waals surface area contributed by atoms with Crippen molar-refractivity contribution in [2.45, 2.75) is 13.2 Å². The number of para-hydroxylation sites is 1. The third kappa shape index (κ3) is 5.94. The molecular formula is C24H24N2O3. The van der Waals surface area contributed by atoms with Crippen LogP contribution >= 0.6 is 0 Å². The zero-order valence-corrected chi connectivity index (χ0v) is 16.4. The van der Waals surface area contributed by atoms with Crippen LogP contribution in [0.25, 0.3) is 0 Å². The monoisotopic (exact) mass is 388 g/mol. The fourth-order valence-corrected chi connectivity index (χ4v) is 2.86. The maximum atomic E-state index is 12.4. The molecule has 0 fully saturated rings. The first-order valence-electron chi connectivity index (χ1n) is 9.45. The van der Waals surface area contributed by atoms with E-state index >= 15 is 0 Å². The van der Waals surface area contributed by atoms with Crippen molar-refractivity contribution >= 4 is 11.8 Å². The van der Waals surface area contributed by atoms with Crippen LogP contribution in [-0.4, -0.2) is 30.3 Å². The summed E-state index contributed by atoms with van der Waals surface area (Å²) in [5.41, 5.74) is 2.52. The van der Waals surface area contributed by atoms with Crippen molar-refractivity contribution in [1.82, 2.24) is 10.2 Å². The van der Waals surface area contributed by atoms with Gasteiger partial charge in [0.05, 0.1) is 6.54 Å². The van der Waals surface area contributed by atoms with Crippen molar-refractivity contribution in [2.24, 2.45) is 0 Å². The molecule has 0 saturated carbocycles. The Bertz CT molecular complexity index is 943. The first-order valence-corrected chi connectivity index (χ1v) is 9.45. The Morgan fingerprint density at radius 2 is 1.48 bits per heavy atom. The molecule has 0 saturated heterocycles. The van der Waals surface area contributed by atoms with E-state index in [-0.39, 0.29) is 18.4 Å². The topological polar surface area (TPSA) is 58.6 Å². The smallest absolute Gasteiger partial charge is 0.254 e. The van der Waals surface area contributed by atoms with E-state index in [1.165, 1.54) is 4.90 Å². The maximum Gasteiger partial charge on any atom is 0.254 e. The molecule has 0 aliphatic carbocycles. The highest BCUT2D eigenvalue weighted by atomic mass is 16.5. The Morgan fingerprint density at radius 1 is 0.862 bits per heavy atom. The molecule has 2 amide bonds. The number of benzene rings is 3. The van der Waals surface area contributed by atoms with Gasteiger partial charge in [-0.25, -0.2) is 0 Å². The van der Waals surface area contributed by atoms with E-state index in [9.17, 15) is 9.59 Å². The molecule has 3 aromatic rings. The largest absolute Gasteiger partial charge is 0.489 e. The van der Waals surface area contributed by atoms with Crippen LogP contribution in [-0.2, 0) is 17.9 Å². The van der Waals surface area contributed by atoms with Gasteiger partial charge in [-0.05, 0) is 23.8 Å². The van der Waals surface area contributed by atoms with Gasteiger partial charge in [-0.15, -0.1) is 0 Å². The minimum absolute atomic E-state index is 0.0131. The lowest BCUT2D eigenvalue weighted by atomic mass is 10.2. The zero-order chi connectivity index (χ0) is 20.5. The average Bonchev–Trinajstić information content (AvgIpc) is 2.77. The predicted molar refractivity (Wildman–Crippen MR) is 112 cm³/mol. The summed E-state index contributed by atoms with van der Waals surface area (Å²) in [7, 11) is 1.62. The van der Waals surface area contributed by atoms with Gasteiger partial charge in [0.1, 0.15) is 12.4 Å². The number of carbonyl (C=O) groups is 2. The standard InChI is InChI=1S/C24H24N2O3/c1-26(24(28)20-12-6-3-7-13-20)17-23(27)25-16-21-14-8-9-15-22(21)29-18-19-10-4-2-5-11-19/h2-15H,16-18H2,1H3,(H,25,27). The lowest BCUT2D eigenvalue weighted by Gasteiger charge is -2.17. The van der Waals surface area contributed by atoms with Gasteiger partial charge in [0.2, 0.25) is 5.91 Å². The number of rotatable bonds is 8. The Morgan fingerprint density at radius 3 is 2.21 bits per heavy atom. The normalized spacial score (nSPS) is 10.2. The molecule has 0 heterocycles. The molecule has 1 N–H and O–H groups in total. The highest BCUT2D eigenvalue weighted by molar-refractivity contribution is 5.96. The summed E-state index contributed by atoms with van der Waals surface area (Å²) in [4.78, 5) is 26.1. The van der Waals surface area contributed by atoms with Gasteiger partial charge < -0.3 is 15.0 Å². The summed E-state index contributed by atoms with van der Waals surface area (Å²) in [6, 6.07) is 26.4. The van der Waals surface area contributed by atoms with E-state index in [4.69, 9.17) is 4.74 Å². The van der Waals surface area contributed by atoms with E-state index in [0.717, 1.165) is 16.9 Å². The van der Waals surface area contributed by atoms with Gasteiger partial charge in [-0.2, -0.15) is 0 Å². The van der Waals surface area contributed by atoms with Gasteiger partial charge >= 0.3 is 0 Å². The number of hydrogen-bond acceptors (Lipinski definition) is 3. The summed E-state index contributed by atoms with van der Waals surface area (Å²) in [5, 5.41) is 2.86. The van der Waals surface area contributed by atoms with Crippen LogP contribution in [0, 0.1) is 0 Å². The molecule has 0 radical (unpaired) electrons. The number of nitrogens with one attached hydrogen (secondary N) is 1. The molecule has 0 unspecified atom stereocenters. The second-order valence-electron chi connectivity index (χ2n) is 6.69. The Labute approximate surface area is 170 Å². The molecule has 0 spiro atoms. The SMILES string of the molecule is CN(CC(=O)NCc1ccccc1OCc1ccccc1)C(=O)c1ccccc1. The minimum Gasteiger partial charge on any atom is -0.489 e. The summed E-state index contributed by atoms with van der Waals surface area (Å²) in [6.07, 6.45) is 0. The van der Waals surface area contributed by atoms with Crippen molar-refractivity contribution < 1.29 is 14.3 Å². The molecule has 3 aromatic carbocycles. The Kier molecular flexibility index (Phi) is 7.00. The molecule has 0 aromatic heterocycles. The minimum atomic E-state index is -0.227. The number of carbonyl (C=O) groups excluding carboxylic acids is 2. The second kappa shape index (κ2) is 10.1. The summed E-state index contributed by atoms with van der Waals surface area (Å²) >= 11 is 0. The molecule has 0 aliphatic rings. The van der Waals surface area contributed by atoms with E-state index in [1.54, 1.807) is 31.3 Å². The number of hydrogen-bond donors (Lipinski definition) is 1. The van der Waals surface area contributed by atoms with Crippen LogP contribution < -0.4 is 10.1 Å². The van der Waals surface area contributed by atoms with Crippen molar-refractivity contribution in [3.8, 4) is 5.75 Å². The van der Waals surface area contributed by atoms with Gasteiger partial charge in [0, 0.05) is 24.7 Å². The van der Waals surface area contributed by atoms with Crippen molar-refractivity contribution in [2.75, 3.05) is 13.6 Å². The van der Waals surface area contributed by atoms with E-state index in [1.807, 2.05) is 60.7 Å². The molecule has 5 heteroatoms. The number of likely N-dealkylation sites (N-methyl/N-ethyl adjacent to an activating group) is 1. The van der Waals surface area contributed by atoms with Crippen molar-refractivity contribution in [1.29, 1.82) is 0 Å². The van der Waals surface area contributed by atoms with Crippen LogP contribution in [0.2, 0.25) is 0 Å². The fraction of sp³-hybridized carbons (Fsp3) is 0.167. The van der Waals surface area contributed by atoms with Crippen LogP contribution in [0.3, 0.4) is 0 Å². The first kappa shape index (κ1) is 20.1. The fourth-order valence-electron chi connectivity index (χ4n) is 2.86. The highest BCUT2D eigenvalue weighted by Gasteiger charge is 2.15. The van der Waals surface area contributed by atoms with Gasteiger partial charge in [0.15, 0.2) is 0 Å². The lowest BCUT2D eigenvalue weighted by Crippen LogP contribution is -2.38. The molecule has 0 atom stereocenters.